The predicted octanol–water partition coefficient (Wildman–Crippen LogP) is 3.33. The van der Waals surface area contributed by atoms with E-state index < -0.39 is 11.9 Å². The van der Waals surface area contributed by atoms with E-state index in [0.29, 0.717) is 19.5 Å². The van der Waals surface area contributed by atoms with Crippen molar-refractivity contribution in [2.45, 2.75) is 19.4 Å². The summed E-state index contributed by atoms with van der Waals surface area (Å²) in [6, 6.07) is 16.4. The van der Waals surface area contributed by atoms with Gasteiger partial charge in [-0.3, -0.25) is 4.79 Å². The first-order chi connectivity index (χ1) is 12.2. The molecule has 1 aliphatic heterocycles. The van der Waals surface area contributed by atoms with Gasteiger partial charge in [0.2, 0.25) is 0 Å². The average Bonchev–Trinajstić information content (AvgIpc) is 2.68. The highest BCUT2D eigenvalue weighted by atomic mass is 19.1. The molecular formula is C20H23FN2O2. The summed E-state index contributed by atoms with van der Waals surface area (Å²) in [6.45, 7) is 4.73. The van der Waals surface area contributed by atoms with E-state index in [0.717, 1.165) is 13.1 Å². The van der Waals surface area contributed by atoms with Gasteiger partial charge in [-0.05, 0) is 30.7 Å². The van der Waals surface area contributed by atoms with Crippen LogP contribution < -0.4 is 9.64 Å². The van der Waals surface area contributed by atoms with Crippen LogP contribution >= 0.6 is 0 Å². The molecule has 1 aliphatic rings. The maximum absolute atomic E-state index is 13.8. The van der Waals surface area contributed by atoms with Crippen molar-refractivity contribution >= 4 is 11.6 Å². The van der Waals surface area contributed by atoms with Crippen LogP contribution in [0.1, 0.15) is 13.3 Å². The van der Waals surface area contributed by atoms with Gasteiger partial charge >= 0.3 is 0 Å². The summed E-state index contributed by atoms with van der Waals surface area (Å²) < 4.78 is 19.4. The summed E-state index contributed by atoms with van der Waals surface area (Å²) in [5.41, 5.74) is 1.17. The third-order valence-electron chi connectivity index (χ3n) is 4.46. The van der Waals surface area contributed by atoms with Crippen LogP contribution in [0.3, 0.4) is 0 Å². The first-order valence-corrected chi connectivity index (χ1v) is 8.69. The zero-order chi connectivity index (χ0) is 17.6. The molecule has 0 bridgehead atoms. The van der Waals surface area contributed by atoms with Crippen LogP contribution in [0.25, 0.3) is 0 Å². The number of halogens is 1. The molecule has 0 aromatic heterocycles. The fraction of sp³-hybridized carbons (Fsp3) is 0.350. The van der Waals surface area contributed by atoms with Crippen LogP contribution in [0.5, 0.6) is 5.75 Å². The third-order valence-corrected chi connectivity index (χ3v) is 4.46. The number of rotatable bonds is 5. The summed E-state index contributed by atoms with van der Waals surface area (Å²) >= 11 is 0. The fourth-order valence-electron chi connectivity index (χ4n) is 3.03. The molecule has 2 aromatic rings. The fourth-order valence-corrected chi connectivity index (χ4v) is 3.03. The maximum atomic E-state index is 13.8. The molecule has 132 valence electrons. The number of hydrogen-bond acceptors (Lipinski definition) is 3. The van der Waals surface area contributed by atoms with Gasteiger partial charge in [0.1, 0.15) is 0 Å². The Hall–Kier alpha value is -2.56. The summed E-state index contributed by atoms with van der Waals surface area (Å²) in [4.78, 5) is 16.8. The number of carbonyl (C=O) groups is 1. The van der Waals surface area contributed by atoms with Crippen molar-refractivity contribution in [2.24, 2.45) is 0 Å². The number of piperazine rings is 1. The Balaban J connectivity index is 1.60. The topological polar surface area (TPSA) is 32.8 Å². The van der Waals surface area contributed by atoms with E-state index in [1.807, 2.05) is 30.0 Å². The van der Waals surface area contributed by atoms with E-state index >= 15 is 0 Å². The van der Waals surface area contributed by atoms with E-state index in [-0.39, 0.29) is 11.7 Å². The highest BCUT2D eigenvalue weighted by Gasteiger charge is 2.28. The van der Waals surface area contributed by atoms with Crippen LogP contribution in [-0.2, 0) is 4.79 Å². The first kappa shape index (κ1) is 17.3. The summed E-state index contributed by atoms with van der Waals surface area (Å²) in [7, 11) is 0. The molecule has 2 aromatic carbocycles. The molecular weight excluding hydrogens is 319 g/mol. The lowest BCUT2D eigenvalue weighted by Gasteiger charge is -2.37. The van der Waals surface area contributed by atoms with Gasteiger partial charge in [0.05, 0.1) is 0 Å². The van der Waals surface area contributed by atoms with E-state index in [1.54, 1.807) is 18.2 Å². The molecule has 25 heavy (non-hydrogen) atoms. The highest BCUT2D eigenvalue weighted by Crippen LogP contribution is 2.20. The Labute approximate surface area is 147 Å². The minimum absolute atomic E-state index is 0.0709. The minimum atomic E-state index is -0.653. The Kier molecular flexibility index (Phi) is 5.53. The van der Waals surface area contributed by atoms with Crippen molar-refractivity contribution in [3.8, 4) is 5.75 Å². The van der Waals surface area contributed by atoms with Crippen LogP contribution in [0.4, 0.5) is 10.1 Å². The van der Waals surface area contributed by atoms with Crippen molar-refractivity contribution in [1.29, 1.82) is 0 Å². The molecule has 1 amide bonds. The number of hydrogen-bond donors (Lipinski definition) is 0. The van der Waals surface area contributed by atoms with Gasteiger partial charge in [-0.15, -0.1) is 0 Å². The van der Waals surface area contributed by atoms with Gasteiger partial charge in [0, 0.05) is 31.9 Å². The smallest absolute Gasteiger partial charge is 0.263 e. The lowest BCUT2D eigenvalue weighted by atomic mass is 10.2. The molecule has 1 unspecified atom stereocenters. The molecule has 0 radical (unpaired) electrons. The molecule has 1 atom stereocenters. The standard InChI is InChI=1S/C20H23FN2O2/c1-2-18(25-19-11-7-6-10-17(19)21)20(24)23-14-12-22(13-15-23)16-8-4-3-5-9-16/h3-11,18H,2,12-15H2,1H3. The zero-order valence-corrected chi connectivity index (χ0v) is 14.4. The quantitative estimate of drug-likeness (QED) is 0.835. The van der Waals surface area contributed by atoms with Crippen molar-refractivity contribution < 1.29 is 13.9 Å². The zero-order valence-electron chi connectivity index (χ0n) is 14.4. The summed E-state index contributed by atoms with van der Waals surface area (Å²) in [5.74, 6) is -0.383. The second-order valence-corrected chi connectivity index (χ2v) is 6.09. The number of ether oxygens (including phenoxy) is 1. The largest absolute Gasteiger partial charge is 0.478 e. The number of anilines is 1. The van der Waals surface area contributed by atoms with Gasteiger partial charge in [-0.1, -0.05) is 37.3 Å². The van der Waals surface area contributed by atoms with E-state index in [1.165, 1.54) is 11.8 Å². The first-order valence-electron chi connectivity index (χ1n) is 8.69. The Bertz CT molecular complexity index is 700. The van der Waals surface area contributed by atoms with Crippen molar-refractivity contribution in [3.05, 3.63) is 60.4 Å². The number of carbonyl (C=O) groups excluding carboxylic acids is 1. The summed E-state index contributed by atoms with van der Waals surface area (Å²) in [5, 5.41) is 0. The normalized spacial score (nSPS) is 15.8. The second kappa shape index (κ2) is 8.01. The average molecular weight is 342 g/mol. The van der Waals surface area contributed by atoms with E-state index in [2.05, 4.69) is 17.0 Å². The molecule has 0 saturated carbocycles. The van der Waals surface area contributed by atoms with Gasteiger partial charge in [0.15, 0.2) is 17.7 Å². The van der Waals surface area contributed by atoms with Crippen LogP contribution in [-0.4, -0.2) is 43.1 Å². The summed E-state index contributed by atoms with van der Waals surface area (Å²) in [6.07, 6.45) is -0.147. The number of benzene rings is 2. The lowest BCUT2D eigenvalue weighted by Crippen LogP contribution is -2.52. The predicted molar refractivity (Wildman–Crippen MR) is 96.3 cm³/mol. The lowest BCUT2D eigenvalue weighted by molar-refractivity contribution is -0.139. The molecule has 0 spiro atoms. The number of amides is 1. The highest BCUT2D eigenvalue weighted by molar-refractivity contribution is 5.81. The van der Waals surface area contributed by atoms with Gasteiger partial charge in [-0.25, -0.2) is 4.39 Å². The molecule has 3 rings (SSSR count). The van der Waals surface area contributed by atoms with Gasteiger partial charge in [0.25, 0.3) is 5.91 Å². The minimum Gasteiger partial charge on any atom is -0.478 e. The SMILES string of the molecule is CCC(Oc1ccccc1F)C(=O)N1CCN(c2ccccc2)CC1. The monoisotopic (exact) mass is 342 g/mol. The third kappa shape index (κ3) is 4.10. The molecule has 0 N–H and O–H groups in total. The Morgan fingerprint density at radius 3 is 2.32 bits per heavy atom. The Morgan fingerprint density at radius 2 is 1.68 bits per heavy atom. The number of nitrogens with zero attached hydrogens (tertiary/aromatic N) is 2. The maximum Gasteiger partial charge on any atom is 0.263 e. The molecule has 0 aliphatic carbocycles. The second-order valence-electron chi connectivity index (χ2n) is 6.09. The molecule has 5 heteroatoms. The van der Waals surface area contributed by atoms with Crippen molar-refractivity contribution in [3.63, 3.8) is 0 Å². The molecule has 1 heterocycles. The van der Waals surface area contributed by atoms with E-state index in [9.17, 15) is 9.18 Å². The van der Waals surface area contributed by atoms with Crippen LogP contribution in [0.2, 0.25) is 0 Å². The van der Waals surface area contributed by atoms with Gasteiger partial charge < -0.3 is 14.5 Å². The Morgan fingerprint density at radius 1 is 1.04 bits per heavy atom. The van der Waals surface area contributed by atoms with E-state index in [4.69, 9.17) is 4.74 Å². The van der Waals surface area contributed by atoms with Crippen molar-refractivity contribution in [1.82, 2.24) is 4.90 Å². The van der Waals surface area contributed by atoms with Crippen LogP contribution in [0.15, 0.2) is 54.6 Å². The van der Waals surface area contributed by atoms with Crippen LogP contribution in [0, 0.1) is 5.82 Å². The molecule has 1 saturated heterocycles. The molecule has 1 fully saturated rings. The van der Waals surface area contributed by atoms with Gasteiger partial charge in [-0.2, -0.15) is 0 Å². The molecule has 4 nitrogen and oxygen atoms in total. The van der Waals surface area contributed by atoms with Crippen molar-refractivity contribution in [2.75, 3.05) is 31.1 Å². The number of para-hydroxylation sites is 2.